The number of morpholine rings is 1. The number of ether oxygens (including phenoxy) is 2. The van der Waals surface area contributed by atoms with E-state index in [4.69, 9.17) is 9.47 Å². The molecule has 0 radical (unpaired) electrons. The molecule has 0 bridgehead atoms. The van der Waals surface area contributed by atoms with E-state index < -0.39 is 6.10 Å². The van der Waals surface area contributed by atoms with Crippen molar-refractivity contribution < 1.29 is 23.8 Å². The molecule has 0 spiro atoms. The standard InChI is InChI=1S/C24H27FN4O4/c1-32-23-19(24(31)26-14-18(30)15-29-10-12-33-13-11-29)7-9-21-22(23)20(27-28-21)8-4-16-2-5-17(25)6-3-16/h2-9,18,30H,10-15H2,1H3,(H,26,31)(H,27,28)/b8-4+. The molecule has 3 N–H and O–H groups in total. The summed E-state index contributed by atoms with van der Waals surface area (Å²) in [7, 11) is 1.50. The monoisotopic (exact) mass is 454 g/mol. The number of carbonyl (C=O) groups excluding carboxylic acids is 1. The number of carbonyl (C=O) groups is 1. The predicted molar refractivity (Wildman–Crippen MR) is 124 cm³/mol. The molecule has 1 saturated heterocycles. The highest BCUT2D eigenvalue weighted by Crippen LogP contribution is 2.32. The van der Waals surface area contributed by atoms with Crippen LogP contribution in [0.15, 0.2) is 36.4 Å². The first-order valence-corrected chi connectivity index (χ1v) is 10.8. The van der Waals surface area contributed by atoms with Gasteiger partial charge in [0.25, 0.3) is 5.91 Å². The molecule has 0 aliphatic carbocycles. The normalized spacial score (nSPS) is 15.7. The Kier molecular flexibility index (Phi) is 7.33. The van der Waals surface area contributed by atoms with Crippen LogP contribution in [0.3, 0.4) is 0 Å². The topological polar surface area (TPSA) is 99.7 Å². The van der Waals surface area contributed by atoms with E-state index in [-0.39, 0.29) is 18.3 Å². The highest BCUT2D eigenvalue weighted by molar-refractivity contribution is 6.05. The molecule has 1 aromatic heterocycles. The van der Waals surface area contributed by atoms with E-state index in [1.54, 1.807) is 30.3 Å². The Morgan fingerprint density at radius 3 is 2.76 bits per heavy atom. The summed E-state index contributed by atoms with van der Waals surface area (Å²) in [5, 5.41) is 21.0. The van der Waals surface area contributed by atoms with Crippen LogP contribution in [0.5, 0.6) is 5.75 Å². The first kappa shape index (κ1) is 22.9. The van der Waals surface area contributed by atoms with E-state index in [0.717, 1.165) is 24.2 Å². The van der Waals surface area contributed by atoms with Gasteiger partial charge in [0.05, 0.1) is 48.6 Å². The number of benzene rings is 2. The lowest BCUT2D eigenvalue weighted by Crippen LogP contribution is -2.44. The highest BCUT2D eigenvalue weighted by Gasteiger charge is 2.20. The SMILES string of the molecule is COc1c(C(=O)NCC(O)CN2CCOCC2)ccc2[nH]nc(/C=C/c3ccc(F)cc3)c12. The van der Waals surface area contributed by atoms with E-state index in [9.17, 15) is 14.3 Å². The molecular formula is C24H27FN4O4. The Bertz CT molecular complexity index is 1120. The summed E-state index contributed by atoms with van der Waals surface area (Å²) in [6.07, 6.45) is 2.90. The summed E-state index contributed by atoms with van der Waals surface area (Å²) >= 11 is 0. The summed E-state index contributed by atoms with van der Waals surface area (Å²) < 4.78 is 24.0. The maximum Gasteiger partial charge on any atom is 0.255 e. The van der Waals surface area contributed by atoms with Gasteiger partial charge in [0.1, 0.15) is 11.6 Å². The molecule has 2 aromatic carbocycles. The average molecular weight is 455 g/mol. The first-order chi connectivity index (χ1) is 16.0. The van der Waals surface area contributed by atoms with Gasteiger partial charge in [-0.2, -0.15) is 5.10 Å². The second-order valence-electron chi connectivity index (χ2n) is 7.84. The van der Waals surface area contributed by atoms with Gasteiger partial charge in [-0.1, -0.05) is 18.2 Å². The molecule has 1 fully saturated rings. The Labute approximate surface area is 191 Å². The van der Waals surface area contributed by atoms with Crippen molar-refractivity contribution in [2.75, 3.05) is 46.5 Å². The third-order valence-electron chi connectivity index (χ3n) is 5.53. The third kappa shape index (κ3) is 5.57. The van der Waals surface area contributed by atoms with Crippen molar-refractivity contribution in [2.24, 2.45) is 0 Å². The molecule has 3 aromatic rings. The molecule has 0 saturated carbocycles. The van der Waals surface area contributed by atoms with E-state index in [0.29, 0.717) is 42.2 Å². The molecule has 1 aliphatic rings. The zero-order chi connectivity index (χ0) is 23.2. The van der Waals surface area contributed by atoms with Crippen molar-refractivity contribution in [3.05, 3.63) is 59.0 Å². The fraction of sp³-hybridized carbons (Fsp3) is 0.333. The summed E-state index contributed by atoms with van der Waals surface area (Å²) in [6, 6.07) is 9.53. The number of hydrogen-bond acceptors (Lipinski definition) is 6. The molecule has 9 heteroatoms. The quantitative estimate of drug-likeness (QED) is 0.483. The summed E-state index contributed by atoms with van der Waals surface area (Å²) in [6.45, 7) is 3.44. The molecular weight excluding hydrogens is 427 g/mol. The van der Waals surface area contributed by atoms with E-state index in [1.807, 2.05) is 6.08 Å². The number of fused-ring (bicyclic) bond motifs is 1. The number of amides is 1. The van der Waals surface area contributed by atoms with Gasteiger partial charge < -0.3 is 19.9 Å². The number of nitrogens with zero attached hydrogens (tertiary/aromatic N) is 2. The van der Waals surface area contributed by atoms with Gasteiger partial charge in [0.15, 0.2) is 0 Å². The van der Waals surface area contributed by atoms with Gasteiger partial charge in [0, 0.05) is 26.2 Å². The number of nitrogens with one attached hydrogen (secondary N) is 2. The van der Waals surface area contributed by atoms with E-state index >= 15 is 0 Å². The van der Waals surface area contributed by atoms with Crippen LogP contribution in [-0.4, -0.2) is 78.7 Å². The number of halogens is 1. The van der Waals surface area contributed by atoms with E-state index in [1.165, 1.54) is 19.2 Å². The van der Waals surface area contributed by atoms with Crippen molar-refractivity contribution in [1.29, 1.82) is 0 Å². The lowest BCUT2D eigenvalue weighted by Gasteiger charge is -2.28. The third-order valence-corrected chi connectivity index (χ3v) is 5.53. The fourth-order valence-corrected chi connectivity index (χ4v) is 3.82. The Hall–Kier alpha value is -3.27. The molecule has 2 heterocycles. The van der Waals surface area contributed by atoms with Crippen LogP contribution in [0.4, 0.5) is 4.39 Å². The number of β-amino-alcohol motifs (C(OH)–C–C–N with tert-alkyl or cyclic N) is 1. The second-order valence-corrected chi connectivity index (χ2v) is 7.84. The number of aromatic amines is 1. The molecule has 33 heavy (non-hydrogen) atoms. The van der Waals surface area contributed by atoms with Gasteiger partial charge >= 0.3 is 0 Å². The summed E-state index contributed by atoms with van der Waals surface area (Å²) in [4.78, 5) is 15.0. The predicted octanol–water partition coefficient (Wildman–Crippen LogP) is 2.30. The van der Waals surface area contributed by atoms with Crippen LogP contribution < -0.4 is 10.1 Å². The fourth-order valence-electron chi connectivity index (χ4n) is 3.82. The average Bonchev–Trinajstić information content (AvgIpc) is 3.25. The second kappa shape index (κ2) is 10.6. The van der Waals surface area contributed by atoms with Crippen molar-refractivity contribution in [2.45, 2.75) is 6.10 Å². The van der Waals surface area contributed by atoms with Crippen molar-refractivity contribution in [3.63, 3.8) is 0 Å². The van der Waals surface area contributed by atoms with E-state index in [2.05, 4.69) is 20.4 Å². The van der Waals surface area contributed by atoms with Gasteiger partial charge in [-0.05, 0) is 35.9 Å². The zero-order valence-electron chi connectivity index (χ0n) is 18.4. The van der Waals surface area contributed by atoms with Crippen LogP contribution in [0.25, 0.3) is 23.1 Å². The Morgan fingerprint density at radius 2 is 2.03 bits per heavy atom. The van der Waals surface area contributed by atoms with Gasteiger partial charge in [0.2, 0.25) is 0 Å². The molecule has 174 valence electrons. The largest absolute Gasteiger partial charge is 0.495 e. The molecule has 4 rings (SSSR count). The van der Waals surface area contributed by atoms with Crippen molar-refractivity contribution in [3.8, 4) is 5.75 Å². The number of aromatic nitrogens is 2. The number of aliphatic hydroxyl groups is 1. The van der Waals surface area contributed by atoms with Crippen LogP contribution in [0.1, 0.15) is 21.6 Å². The minimum Gasteiger partial charge on any atom is -0.495 e. The van der Waals surface area contributed by atoms with Gasteiger partial charge in [-0.15, -0.1) is 0 Å². The molecule has 8 nitrogen and oxygen atoms in total. The minimum atomic E-state index is -0.690. The highest BCUT2D eigenvalue weighted by atomic mass is 19.1. The zero-order valence-corrected chi connectivity index (χ0v) is 18.4. The van der Waals surface area contributed by atoms with Gasteiger partial charge in [-0.3, -0.25) is 14.8 Å². The van der Waals surface area contributed by atoms with Crippen molar-refractivity contribution in [1.82, 2.24) is 20.4 Å². The lowest BCUT2D eigenvalue weighted by atomic mass is 10.1. The Morgan fingerprint density at radius 1 is 1.27 bits per heavy atom. The maximum atomic E-state index is 13.1. The van der Waals surface area contributed by atoms with Crippen molar-refractivity contribution >= 4 is 29.0 Å². The molecule has 1 aliphatic heterocycles. The summed E-state index contributed by atoms with van der Waals surface area (Å²) in [5.74, 6) is -0.255. The summed E-state index contributed by atoms with van der Waals surface area (Å²) in [5.41, 5.74) is 2.47. The molecule has 1 amide bonds. The van der Waals surface area contributed by atoms with Gasteiger partial charge in [-0.25, -0.2) is 4.39 Å². The number of methoxy groups -OCH3 is 1. The van der Waals surface area contributed by atoms with Crippen LogP contribution in [0, 0.1) is 5.82 Å². The minimum absolute atomic E-state index is 0.125. The lowest BCUT2D eigenvalue weighted by molar-refractivity contribution is 0.0149. The van der Waals surface area contributed by atoms with Crippen LogP contribution in [0.2, 0.25) is 0 Å². The first-order valence-electron chi connectivity index (χ1n) is 10.8. The number of aliphatic hydroxyl groups excluding tert-OH is 1. The number of rotatable bonds is 8. The molecule has 1 atom stereocenters. The maximum absolute atomic E-state index is 13.1. The van der Waals surface area contributed by atoms with Crippen LogP contribution in [-0.2, 0) is 4.74 Å². The Balaban J connectivity index is 1.49. The van der Waals surface area contributed by atoms with Crippen LogP contribution >= 0.6 is 0 Å². The molecule has 1 unspecified atom stereocenters. The number of H-pyrrole nitrogens is 1. The smallest absolute Gasteiger partial charge is 0.255 e. The number of hydrogen-bond donors (Lipinski definition) is 3.